The lowest BCUT2D eigenvalue weighted by Crippen LogP contribution is -3.15. The summed E-state index contributed by atoms with van der Waals surface area (Å²) < 4.78 is 27.8. The second kappa shape index (κ2) is 7.08. The van der Waals surface area contributed by atoms with E-state index in [0.29, 0.717) is 37.6 Å². The van der Waals surface area contributed by atoms with E-state index in [9.17, 15) is 13.2 Å². The Morgan fingerprint density at radius 1 is 1.36 bits per heavy atom. The number of nitrogens with zero attached hydrogens (tertiary/aromatic N) is 1. The van der Waals surface area contributed by atoms with Gasteiger partial charge in [-0.3, -0.25) is 4.79 Å². The number of hydrogen-bond acceptors (Lipinski definition) is 3. The lowest BCUT2D eigenvalue weighted by atomic mass is 10.2. The summed E-state index contributed by atoms with van der Waals surface area (Å²) in [7, 11) is -1.87. The van der Waals surface area contributed by atoms with Crippen molar-refractivity contribution in [3.63, 3.8) is 0 Å². The Hall–Kier alpha value is -0.960. The molecule has 0 atom stereocenters. The molecule has 2 N–H and O–H groups in total. The van der Waals surface area contributed by atoms with Crippen molar-refractivity contribution >= 4 is 31.9 Å². The predicted octanol–water partition coefficient (Wildman–Crippen LogP) is -0.607. The van der Waals surface area contributed by atoms with E-state index in [0.717, 1.165) is 14.9 Å². The van der Waals surface area contributed by atoms with Gasteiger partial charge < -0.3 is 10.2 Å². The van der Waals surface area contributed by atoms with Crippen molar-refractivity contribution in [1.82, 2.24) is 9.62 Å². The first-order valence-electron chi connectivity index (χ1n) is 7.15. The van der Waals surface area contributed by atoms with Gasteiger partial charge in [-0.1, -0.05) is 22.0 Å². The van der Waals surface area contributed by atoms with Gasteiger partial charge in [0.2, 0.25) is 10.0 Å². The summed E-state index contributed by atoms with van der Waals surface area (Å²) in [6.45, 7) is 4.33. The highest BCUT2D eigenvalue weighted by atomic mass is 79.9. The second-order valence-electron chi connectivity index (χ2n) is 5.41. The minimum Gasteiger partial charge on any atom is -0.354 e. The first-order chi connectivity index (χ1) is 10.3. The minimum absolute atomic E-state index is 0.0193. The van der Waals surface area contributed by atoms with Crippen molar-refractivity contribution < 1.29 is 18.1 Å². The maximum atomic E-state index is 12.8. The van der Waals surface area contributed by atoms with Crippen LogP contribution >= 0.6 is 15.9 Å². The first kappa shape index (κ1) is 17.4. The molecule has 0 unspecified atom stereocenters. The number of quaternary nitrogens is 1. The van der Waals surface area contributed by atoms with E-state index < -0.39 is 10.0 Å². The quantitative estimate of drug-likeness (QED) is 0.720. The van der Waals surface area contributed by atoms with Gasteiger partial charge in [0.05, 0.1) is 31.1 Å². The highest BCUT2D eigenvalue weighted by molar-refractivity contribution is 9.10. The van der Waals surface area contributed by atoms with Crippen molar-refractivity contribution in [1.29, 1.82) is 0 Å². The summed E-state index contributed by atoms with van der Waals surface area (Å²) >= 11 is 3.33. The molecule has 22 heavy (non-hydrogen) atoms. The highest BCUT2D eigenvalue weighted by Gasteiger charge is 2.31. The molecular weight excluding hydrogens is 370 g/mol. The second-order valence-corrected chi connectivity index (χ2v) is 8.24. The highest BCUT2D eigenvalue weighted by Crippen LogP contribution is 2.23. The van der Waals surface area contributed by atoms with Crippen LogP contribution in [0.3, 0.4) is 0 Å². The summed E-state index contributed by atoms with van der Waals surface area (Å²) in [6, 6.07) is 5.28. The van der Waals surface area contributed by atoms with Crippen molar-refractivity contribution in [2.45, 2.75) is 11.8 Å². The van der Waals surface area contributed by atoms with Crippen molar-refractivity contribution in [2.24, 2.45) is 0 Å². The Bertz CT molecular complexity index is 655. The molecule has 8 heteroatoms. The molecule has 6 nitrogen and oxygen atoms in total. The van der Waals surface area contributed by atoms with E-state index in [1.165, 1.54) is 4.31 Å². The molecule has 1 fully saturated rings. The third kappa shape index (κ3) is 3.87. The molecule has 1 aliphatic heterocycles. The third-order valence-electron chi connectivity index (χ3n) is 3.89. The molecule has 0 spiro atoms. The summed E-state index contributed by atoms with van der Waals surface area (Å²) in [5.41, 5.74) is 0.739. The van der Waals surface area contributed by atoms with Gasteiger partial charge in [-0.25, -0.2) is 8.42 Å². The monoisotopic (exact) mass is 390 g/mol. The van der Waals surface area contributed by atoms with Crippen molar-refractivity contribution in [2.75, 3.05) is 39.8 Å². The largest absolute Gasteiger partial charge is 0.354 e. The Kier molecular flexibility index (Phi) is 5.60. The number of amides is 1. The SMILES string of the molecule is CNC(=O)C[NH+]1CCN(S(=O)(=O)c2cc(Br)ccc2C)CC1. The molecular formula is C14H21BrN3O3S+. The van der Waals surface area contributed by atoms with E-state index in [4.69, 9.17) is 0 Å². The van der Waals surface area contributed by atoms with Crippen molar-refractivity contribution in [3.05, 3.63) is 28.2 Å². The number of carbonyl (C=O) groups excluding carboxylic acids is 1. The summed E-state index contributed by atoms with van der Waals surface area (Å²) in [4.78, 5) is 12.8. The fraction of sp³-hybridized carbons (Fsp3) is 0.500. The minimum atomic E-state index is -3.48. The Balaban J connectivity index is 2.10. The molecule has 122 valence electrons. The van der Waals surface area contributed by atoms with Crippen LogP contribution in [0.5, 0.6) is 0 Å². The Morgan fingerprint density at radius 3 is 2.59 bits per heavy atom. The molecule has 0 bridgehead atoms. The number of benzene rings is 1. The Morgan fingerprint density at radius 2 is 2.00 bits per heavy atom. The van der Waals surface area contributed by atoms with E-state index >= 15 is 0 Å². The maximum absolute atomic E-state index is 12.8. The lowest BCUT2D eigenvalue weighted by molar-refractivity contribution is -0.895. The number of nitrogens with one attached hydrogen (secondary N) is 2. The number of aryl methyl sites for hydroxylation is 1. The summed E-state index contributed by atoms with van der Waals surface area (Å²) in [5, 5.41) is 2.60. The molecule has 1 heterocycles. The molecule has 1 aliphatic rings. The number of piperazine rings is 1. The fourth-order valence-corrected chi connectivity index (χ4v) is 4.73. The number of rotatable bonds is 4. The molecule has 0 saturated carbocycles. The number of halogens is 1. The molecule has 1 amide bonds. The third-order valence-corrected chi connectivity index (χ3v) is 6.42. The van der Waals surface area contributed by atoms with Gasteiger partial charge in [0.1, 0.15) is 0 Å². The zero-order chi connectivity index (χ0) is 16.3. The van der Waals surface area contributed by atoms with E-state index in [2.05, 4.69) is 21.2 Å². The van der Waals surface area contributed by atoms with Gasteiger partial charge in [0.25, 0.3) is 5.91 Å². The van der Waals surface area contributed by atoms with Crippen molar-refractivity contribution in [3.8, 4) is 0 Å². The fourth-order valence-electron chi connectivity index (χ4n) is 2.53. The number of hydrogen-bond donors (Lipinski definition) is 2. The smallest absolute Gasteiger partial charge is 0.274 e. The Labute approximate surface area is 139 Å². The van der Waals surface area contributed by atoms with Gasteiger partial charge in [0, 0.05) is 11.5 Å². The number of likely N-dealkylation sites (N-methyl/N-ethyl adjacent to an activating group) is 1. The molecule has 0 aliphatic carbocycles. The van der Waals surface area contributed by atoms with Gasteiger partial charge in [0.15, 0.2) is 6.54 Å². The van der Waals surface area contributed by atoms with Gasteiger partial charge >= 0.3 is 0 Å². The molecule has 2 rings (SSSR count). The molecule has 1 aromatic carbocycles. The summed E-state index contributed by atoms with van der Waals surface area (Å²) in [6.07, 6.45) is 0. The van der Waals surface area contributed by atoms with E-state index in [1.54, 1.807) is 26.1 Å². The first-order valence-corrected chi connectivity index (χ1v) is 9.38. The zero-order valence-corrected chi connectivity index (χ0v) is 15.1. The molecule has 0 aromatic heterocycles. The van der Waals surface area contributed by atoms with Crippen LogP contribution in [0.25, 0.3) is 0 Å². The van der Waals surface area contributed by atoms with Crippen LogP contribution in [0.2, 0.25) is 0 Å². The van der Waals surface area contributed by atoms with Crippen LogP contribution in [-0.4, -0.2) is 58.4 Å². The van der Waals surface area contributed by atoms with E-state index in [-0.39, 0.29) is 5.91 Å². The number of carbonyl (C=O) groups is 1. The average molecular weight is 391 g/mol. The van der Waals surface area contributed by atoms with Gasteiger partial charge in [-0.2, -0.15) is 4.31 Å². The molecule has 1 aromatic rings. The van der Waals surface area contributed by atoms with Crippen LogP contribution < -0.4 is 10.2 Å². The average Bonchev–Trinajstić information content (AvgIpc) is 2.50. The molecule has 0 radical (unpaired) electrons. The van der Waals surface area contributed by atoms with Crippen LogP contribution in [0, 0.1) is 6.92 Å². The van der Waals surface area contributed by atoms with Crippen LogP contribution in [0.1, 0.15) is 5.56 Å². The van der Waals surface area contributed by atoms with E-state index in [1.807, 2.05) is 6.07 Å². The topological polar surface area (TPSA) is 70.9 Å². The number of sulfonamides is 1. The van der Waals surface area contributed by atoms with Gasteiger partial charge in [-0.15, -0.1) is 0 Å². The standard InChI is InChI=1S/C14H20BrN3O3S/c1-11-3-4-12(15)9-13(11)22(20,21)18-7-5-17(6-8-18)10-14(19)16-2/h3-4,9H,5-8,10H2,1-2H3,(H,16,19)/p+1. The van der Waals surface area contributed by atoms with Crippen LogP contribution in [0.15, 0.2) is 27.6 Å². The maximum Gasteiger partial charge on any atom is 0.274 e. The van der Waals surface area contributed by atoms with Crippen LogP contribution in [0.4, 0.5) is 0 Å². The molecule has 1 saturated heterocycles. The predicted molar refractivity (Wildman–Crippen MR) is 87.3 cm³/mol. The summed E-state index contributed by atoms with van der Waals surface area (Å²) in [5.74, 6) is -0.0193. The normalized spacial score (nSPS) is 17.4. The van der Waals surface area contributed by atoms with Gasteiger partial charge in [-0.05, 0) is 24.6 Å². The zero-order valence-electron chi connectivity index (χ0n) is 12.7. The van der Waals surface area contributed by atoms with Crippen LogP contribution in [-0.2, 0) is 14.8 Å². The lowest BCUT2D eigenvalue weighted by Gasteiger charge is -2.31.